The highest BCUT2D eigenvalue weighted by Gasteiger charge is 2.04. The molecule has 2 aromatic rings. The molecule has 0 atom stereocenters. The number of hydrogen-bond acceptors (Lipinski definition) is 2. The van der Waals surface area contributed by atoms with Crippen molar-refractivity contribution in [2.75, 3.05) is 5.43 Å². The Morgan fingerprint density at radius 2 is 1.78 bits per heavy atom. The molecule has 92 valence electrons. The Bertz CT molecular complexity index is 582. The zero-order valence-corrected chi connectivity index (χ0v) is 10.6. The van der Waals surface area contributed by atoms with Gasteiger partial charge in [0.05, 0.1) is 16.4 Å². The van der Waals surface area contributed by atoms with Crippen LogP contribution < -0.4 is 5.43 Å². The largest absolute Gasteiger partial charge is 0.277 e. The maximum atomic E-state index is 13.5. The Kier molecular flexibility index (Phi) is 3.95. The number of para-hydroxylation sites is 1. The minimum absolute atomic E-state index is 0.292. The van der Waals surface area contributed by atoms with Gasteiger partial charge in [0.25, 0.3) is 0 Å². The second-order valence-corrected chi connectivity index (χ2v) is 4.18. The van der Waals surface area contributed by atoms with Crippen molar-refractivity contribution in [3.05, 3.63) is 64.9 Å². The molecule has 0 radical (unpaired) electrons. The van der Waals surface area contributed by atoms with Crippen LogP contribution in [0.2, 0.25) is 5.02 Å². The van der Waals surface area contributed by atoms with Gasteiger partial charge in [-0.3, -0.25) is 5.43 Å². The molecule has 2 nitrogen and oxygen atoms in total. The van der Waals surface area contributed by atoms with E-state index in [1.165, 1.54) is 6.07 Å². The molecular formula is C14H12ClFN2. The fourth-order valence-corrected chi connectivity index (χ4v) is 1.69. The predicted octanol–water partition coefficient (Wildman–Crippen LogP) is 4.32. The molecule has 1 N–H and O–H groups in total. The molecule has 0 aliphatic carbocycles. The first kappa shape index (κ1) is 12.6. The third kappa shape index (κ3) is 2.87. The van der Waals surface area contributed by atoms with Gasteiger partial charge < -0.3 is 0 Å². The van der Waals surface area contributed by atoms with E-state index in [2.05, 4.69) is 10.5 Å². The molecule has 0 saturated carbocycles. The fraction of sp³-hybridized carbons (Fsp3) is 0.0714. The molecular weight excluding hydrogens is 251 g/mol. The van der Waals surface area contributed by atoms with Crippen molar-refractivity contribution in [1.82, 2.24) is 0 Å². The summed E-state index contributed by atoms with van der Waals surface area (Å²) in [4.78, 5) is 0. The summed E-state index contributed by atoms with van der Waals surface area (Å²) in [6.07, 6.45) is 0. The van der Waals surface area contributed by atoms with Crippen LogP contribution >= 0.6 is 11.6 Å². The minimum Gasteiger partial charge on any atom is -0.277 e. The normalized spacial score (nSPS) is 11.4. The van der Waals surface area contributed by atoms with Gasteiger partial charge in [0.1, 0.15) is 5.82 Å². The molecule has 0 aliphatic heterocycles. The van der Waals surface area contributed by atoms with E-state index in [-0.39, 0.29) is 5.82 Å². The summed E-state index contributed by atoms with van der Waals surface area (Å²) >= 11 is 5.98. The molecule has 4 heteroatoms. The molecule has 0 heterocycles. The molecule has 0 bridgehead atoms. The van der Waals surface area contributed by atoms with Crippen molar-refractivity contribution in [3.8, 4) is 0 Å². The SMILES string of the molecule is C/C(=N/Nc1ccccc1Cl)c1ccccc1F. The third-order valence-corrected chi connectivity index (χ3v) is 2.81. The van der Waals surface area contributed by atoms with Gasteiger partial charge >= 0.3 is 0 Å². The van der Waals surface area contributed by atoms with Crippen molar-refractivity contribution in [3.63, 3.8) is 0 Å². The summed E-state index contributed by atoms with van der Waals surface area (Å²) in [5, 5.41) is 4.70. The van der Waals surface area contributed by atoms with Gasteiger partial charge in [-0.25, -0.2) is 4.39 Å². The van der Waals surface area contributed by atoms with Crippen LogP contribution in [0, 0.1) is 5.82 Å². The lowest BCUT2D eigenvalue weighted by molar-refractivity contribution is 0.625. The van der Waals surface area contributed by atoms with Crippen LogP contribution in [0.3, 0.4) is 0 Å². The van der Waals surface area contributed by atoms with E-state index < -0.39 is 0 Å². The van der Waals surface area contributed by atoms with Gasteiger partial charge in [-0.15, -0.1) is 0 Å². The Labute approximate surface area is 110 Å². The number of halogens is 2. The molecule has 0 amide bonds. The summed E-state index contributed by atoms with van der Waals surface area (Å²) in [5.74, 6) is -0.292. The van der Waals surface area contributed by atoms with Gasteiger partial charge in [0.2, 0.25) is 0 Å². The lowest BCUT2D eigenvalue weighted by atomic mass is 10.1. The average Bonchev–Trinajstić information content (AvgIpc) is 2.38. The number of rotatable bonds is 3. The summed E-state index contributed by atoms with van der Waals surface area (Å²) in [7, 11) is 0. The highest BCUT2D eigenvalue weighted by molar-refractivity contribution is 6.33. The van der Waals surface area contributed by atoms with Gasteiger partial charge in [-0.2, -0.15) is 5.10 Å². The van der Waals surface area contributed by atoms with Crippen molar-refractivity contribution >= 4 is 23.0 Å². The van der Waals surface area contributed by atoms with Crippen LogP contribution in [-0.2, 0) is 0 Å². The van der Waals surface area contributed by atoms with Crippen LogP contribution in [0.1, 0.15) is 12.5 Å². The highest BCUT2D eigenvalue weighted by atomic mass is 35.5. The number of benzene rings is 2. The van der Waals surface area contributed by atoms with Crippen LogP contribution in [0.5, 0.6) is 0 Å². The zero-order valence-electron chi connectivity index (χ0n) is 9.82. The molecule has 0 unspecified atom stereocenters. The zero-order chi connectivity index (χ0) is 13.0. The van der Waals surface area contributed by atoms with Crippen molar-refractivity contribution in [1.29, 1.82) is 0 Å². The minimum atomic E-state index is -0.292. The Hall–Kier alpha value is -1.87. The van der Waals surface area contributed by atoms with E-state index in [9.17, 15) is 4.39 Å². The summed E-state index contributed by atoms with van der Waals surface area (Å²) in [6.45, 7) is 1.74. The van der Waals surface area contributed by atoms with Crippen LogP contribution in [0.15, 0.2) is 53.6 Å². The molecule has 18 heavy (non-hydrogen) atoms. The molecule has 0 aromatic heterocycles. The quantitative estimate of drug-likeness (QED) is 0.647. The number of hydrogen-bond donors (Lipinski definition) is 1. The van der Waals surface area contributed by atoms with Crippen LogP contribution in [-0.4, -0.2) is 5.71 Å². The van der Waals surface area contributed by atoms with E-state index in [4.69, 9.17) is 11.6 Å². The molecule has 0 fully saturated rings. The topological polar surface area (TPSA) is 24.4 Å². The Morgan fingerprint density at radius 1 is 1.11 bits per heavy atom. The van der Waals surface area contributed by atoms with E-state index in [1.54, 1.807) is 37.3 Å². The van der Waals surface area contributed by atoms with E-state index in [1.807, 2.05) is 12.1 Å². The number of anilines is 1. The third-order valence-electron chi connectivity index (χ3n) is 2.48. The van der Waals surface area contributed by atoms with E-state index in [0.717, 1.165) is 0 Å². The van der Waals surface area contributed by atoms with Gasteiger partial charge in [-0.1, -0.05) is 41.9 Å². The summed E-state index contributed by atoms with van der Waals surface area (Å²) < 4.78 is 13.5. The Morgan fingerprint density at radius 3 is 2.50 bits per heavy atom. The Balaban J connectivity index is 2.20. The van der Waals surface area contributed by atoms with Crippen molar-refractivity contribution in [2.45, 2.75) is 6.92 Å². The summed E-state index contributed by atoms with van der Waals surface area (Å²) in [5.41, 5.74) is 4.55. The van der Waals surface area contributed by atoms with Crippen LogP contribution in [0.4, 0.5) is 10.1 Å². The number of hydrazone groups is 1. The molecule has 0 saturated heterocycles. The standard InChI is InChI=1S/C14H12ClFN2/c1-10(11-6-2-4-8-13(11)16)17-18-14-9-5-3-7-12(14)15/h2-9,18H,1H3/b17-10-. The molecule has 0 aliphatic rings. The lowest BCUT2D eigenvalue weighted by Crippen LogP contribution is -2.02. The number of nitrogens with zero attached hydrogens (tertiary/aromatic N) is 1. The lowest BCUT2D eigenvalue weighted by Gasteiger charge is -2.05. The number of nitrogens with one attached hydrogen (secondary N) is 1. The van der Waals surface area contributed by atoms with Crippen molar-refractivity contribution < 1.29 is 4.39 Å². The van der Waals surface area contributed by atoms with Gasteiger partial charge in [0, 0.05) is 5.56 Å². The first-order valence-electron chi connectivity index (χ1n) is 5.48. The first-order valence-corrected chi connectivity index (χ1v) is 5.86. The average molecular weight is 263 g/mol. The smallest absolute Gasteiger partial charge is 0.132 e. The monoisotopic (exact) mass is 262 g/mol. The fourth-order valence-electron chi connectivity index (χ4n) is 1.51. The van der Waals surface area contributed by atoms with Crippen LogP contribution in [0.25, 0.3) is 0 Å². The predicted molar refractivity (Wildman–Crippen MR) is 73.7 cm³/mol. The highest BCUT2D eigenvalue weighted by Crippen LogP contribution is 2.20. The first-order chi connectivity index (χ1) is 8.68. The van der Waals surface area contributed by atoms with E-state index >= 15 is 0 Å². The van der Waals surface area contributed by atoms with Gasteiger partial charge in [0.15, 0.2) is 0 Å². The molecule has 2 aromatic carbocycles. The maximum absolute atomic E-state index is 13.5. The second-order valence-electron chi connectivity index (χ2n) is 3.77. The second kappa shape index (κ2) is 5.65. The van der Waals surface area contributed by atoms with E-state index in [0.29, 0.717) is 22.0 Å². The molecule has 0 spiro atoms. The summed E-state index contributed by atoms with van der Waals surface area (Å²) in [6, 6.07) is 13.8. The van der Waals surface area contributed by atoms with Crippen molar-refractivity contribution in [2.24, 2.45) is 5.10 Å². The van der Waals surface area contributed by atoms with Gasteiger partial charge in [-0.05, 0) is 25.1 Å². The molecule has 2 rings (SSSR count). The maximum Gasteiger partial charge on any atom is 0.132 e.